The Hall–Kier alpha value is -1.91. The van der Waals surface area contributed by atoms with Gasteiger partial charge in [-0.1, -0.05) is 12.5 Å². The van der Waals surface area contributed by atoms with Gasteiger partial charge in [-0.15, -0.1) is 0 Å². The van der Waals surface area contributed by atoms with Crippen molar-refractivity contribution in [2.75, 3.05) is 19.6 Å². The Morgan fingerprint density at radius 3 is 3.05 bits per heavy atom. The number of carbonyl (C=O) groups excluding carboxylic acids is 2. The number of nitrogens with one attached hydrogen (secondary N) is 1. The van der Waals surface area contributed by atoms with Crippen molar-refractivity contribution >= 4 is 11.8 Å². The zero-order chi connectivity index (χ0) is 14.9. The molecule has 1 fully saturated rings. The van der Waals surface area contributed by atoms with Gasteiger partial charge in [0.25, 0.3) is 0 Å². The van der Waals surface area contributed by atoms with Gasteiger partial charge in [0, 0.05) is 44.9 Å². The van der Waals surface area contributed by atoms with Crippen molar-refractivity contribution in [1.82, 2.24) is 15.2 Å². The molecule has 1 saturated heterocycles. The Balaban J connectivity index is 1.64. The van der Waals surface area contributed by atoms with Gasteiger partial charge in [0.1, 0.15) is 0 Å². The summed E-state index contributed by atoms with van der Waals surface area (Å²) in [7, 11) is 0. The van der Waals surface area contributed by atoms with E-state index in [0.29, 0.717) is 25.9 Å². The van der Waals surface area contributed by atoms with Crippen LogP contribution in [0.25, 0.3) is 0 Å². The summed E-state index contributed by atoms with van der Waals surface area (Å²) in [4.78, 5) is 29.5. The highest BCUT2D eigenvalue weighted by Crippen LogP contribution is 2.11. The Kier molecular flexibility index (Phi) is 6.19. The molecule has 5 heteroatoms. The van der Waals surface area contributed by atoms with Crippen molar-refractivity contribution in [2.45, 2.75) is 38.5 Å². The summed E-state index contributed by atoms with van der Waals surface area (Å²) in [5.74, 6) is 0.201. The molecule has 1 aliphatic heterocycles. The van der Waals surface area contributed by atoms with Crippen LogP contribution in [0.15, 0.2) is 24.5 Å². The zero-order valence-corrected chi connectivity index (χ0v) is 12.4. The molecule has 0 saturated carbocycles. The van der Waals surface area contributed by atoms with E-state index in [-0.39, 0.29) is 11.8 Å². The second-order valence-electron chi connectivity index (χ2n) is 5.40. The van der Waals surface area contributed by atoms with Gasteiger partial charge < -0.3 is 10.2 Å². The molecule has 5 nitrogen and oxygen atoms in total. The number of pyridine rings is 1. The van der Waals surface area contributed by atoms with Gasteiger partial charge in [-0.3, -0.25) is 14.6 Å². The van der Waals surface area contributed by atoms with Crippen LogP contribution in [0.1, 0.15) is 37.7 Å². The van der Waals surface area contributed by atoms with Crippen molar-refractivity contribution < 1.29 is 9.59 Å². The molecule has 114 valence electrons. The van der Waals surface area contributed by atoms with Crippen molar-refractivity contribution in [2.24, 2.45) is 0 Å². The largest absolute Gasteiger partial charge is 0.356 e. The molecule has 1 N–H and O–H groups in total. The molecule has 0 unspecified atom stereocenters. The number of hydrogen-bond acceptors (Lipinski definition) is 3. The summed E-state index contributed by atoms with van der Waals surface area (Å²) in [6, 6.07) is 3.89. The van der Waals surface area contributed by atoms with Crippen LogP contribution in [0, 0.1) is 0 Å². The molecule has 0 aliphatic carbocycles. The molecule has 2 heterocycles. The fraction of sp³-hybridized carbons (Fsp3) is 0.562. The first-order valence-electron chi connectivity index (χ1n) is 7.69. The van der Waals surface area contributed by atoms with Gasteiger partial charge >= 0.3 is 0 Å². The normalized spacial score (nSPS) is 15.6. The lowest BCUT2D eigenvalue weighted by atomic mass is 10.2. The third kappa shape index (κ3) is 5.53. The molecular formula is C16H23N3O2. The van der Waals surface area contributed by atoms with Crippen molar-refractivity contribution in [3.05, 3.63) is 30.1 Å². The smallest absolute Gasteiger partial charge is 0.222 e. The molecule has 2 rings (SSSR count). The molecule has 0 aromatic carbocycles. The third-order valence-electron chi connectivity index (χ3n) is 3.74. The molecule has 2 amide bonds. The van der Waals surface area contributed by atoms with Gasteiger partial charge in [0.15, 0.2) is 0 Å². The molecule has 1 aliphatic rings. The second kappa shape index (κ2) is 8.39. The lowest BCUT2D eigenvalue weighted by molar-refractivity contribution is -0.131. The highest BCUT2D eigenvalue weighted by Gasteiger charge is 2.16. The molecule has 0 spiro atoms. The van der Waals surface area contributed by atoms with Gasteiger partial charge in [-0.05, 0) is 30.9 Å². The summed E-state index contributed by atoms with van der Waals surface area (Å²) in [6.45, 7) is 1.94. The van der Waals surface area contributed by atoms with Crippen LogP contribution in [0.4, 0.5) is 0 Å². The molecule has 0 radical (unpaired) electrons. The van der Waals surface area contributed by atoms with Crippen LogP contribution in [-0.4, -0.2) is 41.3 Å². The minimum absolute atomic E-state index is 0.0101. The maximum atomic E-state index is 11.8. The minimum Gasteiger partial charge on any atom is -0.356 e. The Labute approximate surface area is 125 Å². The monoisotopic (exact) mass is 289 g/mol. The number of rotatable bonds is 6. The average molecular weight is 289 g/mol. The molecule has 0 bridgehead atoms. The van der Waals surface area contributed by atoms with E-state index in [4.69, 9.17) is 0 Å². The molecular weight excluding hydrogens is 266 g/mol. The van der Waals surface area contributed by atoms with Gasteiger partial charge in [-0.2, -0.15) is 0 Å². The average Bonchev–Trinajstić information content (AvgIpc) is 2.71. The summed E-state index contributed by atoms with van der Waals surface area (Å²) in [6.07, 6.45) is 8.48. The molecule has 21 heavy (non-hydrogen) atoms. The second-order valence-corrected chi connectivity index (χ2v) is 5.40. The number of nitrogens with zero attached hydrogens (tertiary/aromatic N) is 2. The Morgan fingerprint density at radius 2 is 2.24 bits per heavy atom. The van der Waals surface area contributed by atoms with Crippen molar-refractivity contribution in [3.8, 4) is 0 Å². The Morgan fingerprint density at radius 1 is 1.33 bits per heavy atom. The van der Waals surface area contributed by atoms with E-state index >= 15 is 0 Å². The highest BCUT2D eigenvalue weighted by molar-refractivity contribution is 5.79. The predicted molar refractivity (Wildman–Crippen MR) is 80.6 cm³/mol. The van der Waals surface area contributed by atoms with E-state index < -0.39 is 0 Å². The zero-order valence-electron chi connectivity index (χ0n) is 12.4. The van der Waals surface area contributed by atoms with Gasteiger partial charge in [0.2, 0.25) is 11.8 Å². The standard InChI is InChI=1S/C16H23N3O2/c20-15(18-10-7-14-5-4-9-17-13-14)8-12-19-11-3-1-2-6-16(19)21/h4-5,9,13H,1-3,6-8,10-12H2,(H,18,20). The first-order valence-corrected chi connectivity index (χ1v) is 7.69. The lowest BCUT2D eigenvalue weighted by Gasteiger charge is -2.20. The minimum atomic E-state index is 0.0101. The van der Waals surface area contributed by atoms with E-state index in [1.54, 1.807) is 6.20 Å². The summed E-state index contributed by atoms with van der Waals surface area (Å²) >= 11 is 0. The maximum absolute atomic E-state index is 11.8. The SMILES string of the molecule is O=C(CCN1CCCCCC1=O)NCCc1cccnc1. The lowest BCUT2D eigenvalue weighted by Crippen LogP contribution is -2.35. The molecule has 1 aromatic rings. The van der Waals surface area contributed by atoms with Gasteiger partial charge in [-0.25, -0.2) is 0 Å². The van der Waals surface area contributed by atoms with E-state index in [2.05, 4.69) is 10.3 Å². The van der Waals surface area contributed by atoms with E-state index in [1.165, 1.54) is 0 Å². The number of carbonyl (C=O) groups is 2. The summed E-state index contributed by atoms with van der Waals surface area (Å²) < 4.78 is 0. The first-order chi connectivity index (χ1) is 10.3. The van der Waals surface area contributed by atoms with Crippen molar-refractivity contribution in [3.63, 3.8) is 0 Å². The van der Waals surface area contributed by atoms with Crippen LogP contribution in [0.3, 0.4) is 0 Å². The van der Waals surface area contributed by atoms with Crippen LogP contribution in [0.2, 0.25) is 0 Å². The fourth-order valence-corrected chi connectivity index (χ4v) is 2.49. The molecule has 1 aromatic heterocycles. The predicted octanol–water partition coefficient (Wildman–Crippen LogP) is 1.53. The fourth-order valence-electron chi connectivity index (χ4n) is 2.49. The quantitative estimate of drug-likeness (QED) is 0.864. The highest BCUT2D eigenvalue weighted by atomic mass is 16.2. The van der Waals surface area contributed by atoms with E-state index in [1.807, 2.05) is 23.2 Å². The van der Waals surface area contributed by atoms with Gasteiger partial charge in [0.05, 0.1) is 0 Å². The van der Waals surface area contributed by atoms with E-state index in [0.717, 1.165) is 37.8 Å². The van der Waals surface area contributed by atoms with Crippen LogP contribution < -0.4 is 5.32 Å². The first kappa shape index (κ1) is 15.5. The maximum Gasteiger partial charge on any atom is 0.222 e. The van der Waals surface area contributed by atoms with E-state index in [9.17, 15) is 9.59 Å². The number of aromatic nitrogens is 1. The van der Waals surface area contributed by atoms with Crippen LogP contribution in [0.5, 0.6) is 0 Å². The molecule has 0 atom stereocenters. The number of amides is 2. The van der Waals surface area contributed by atoms with Crippen LogP contribution in [-0.2, 0) is 16.0 Å². The topological polar surface area (TPSA) is 62.3 Å². The van der Waals surface area contributed by atoms with Crippen molar-refractivity contribution in [1.29, 1.82) is 0 Å². The Bertz CT molecular complexity index is 462. The third-order valence-corrected chi connectivity index (χ3v) is 3.74. The number of likely N-dealkylation sites (tertiary alicyclic amines) is 1. The number of hydrogen-bond donors (Lipinski definition) is 1. The van der Waals surface area contributed by atoms with Crippen LogP contribution >= 0.6 is 0 Å². The summed E-state index contributed by atoms with van der Waals surface area (Å²) in [5.41, 5.74) is 1.11. The summed E-state index contributed by atoms with van der Waals surface area (Å²) in [5, 5.41) is 2.90.